The van der Waals surface area contributed by atoms with Crippen LogP contribution in [-0.2, 0) is 6.18 Å². The summed E-state index contributed by atoms with van der Waals surface area (Å²) in [6.07, 6.45) is -5.28. The van der Waals surface area contributed by atoms with E-state index in [2.05, 4.69) is 10.9 Å². The molecule has 22 heavy (non-hydrogen) atoms. The van der Waals surface area contributed by atoms with Crippen LogP contribution in [0.25, 0.3) is 0 Å². The molecule has 0 saturated carbocycles. The molecule has 0 amide bonds. The van der Waals surface area contributed by atoms with Crippen LogP contribution in [0.15, 0.2) is 23.9 Å². The second-order valence-corrected chi connectivity index (χ2v) is 4.64. The molecule has 0 saturated heterocycles. The summed E-state index contributed by atoms with van der Waals surface area (Å²) in [4.78, 5) is 0. The van der Waals surface area contributed by atoms with Crippen LogP contribution in [0.3, 0.4) is 0 Å². The van der Waals surface area contributed by atoms with E-state index < -0.39 is 17.8 Å². The highest BCUT2D eigenvalue weighted by molar-refractivity contribution is 6.39. The molecule has 1 aromatic rings. The van der Waals surface area contributed by atoms with E-state index >= 15 is 0 Å². The number of hydrazine groups is 1. The van der Waals surface area contributed by atoms with Gasteiger partial charge in [-0.15, -0.1) is 0 Å². The van der Waals surface area contributed by atoms with Gasteiger partial charge in [0.2, 0.25) is 0 Å². The van der Waals surface area contributed by atoms with Crippen LogP contribution in [0, 0.1) is 22.7 Å². The lowest BCUT2D eigenvalue weighted by atomic mass is 10.2. The molecule has 5 nitrogen and oxygen atoms in total. The topological polar surface area (TPSA) is 91.9 Å². The van der Waals surface area contributed by atoms with Gasteiger partial charge in [-0.2, -0.15) is 23.7 Å². The molecule has 0 spiro atoms. The summed E-state index contributed by atoms with van der Waals surface area (Å²) in [5.41, 5.74) is 3.30. The van der Waals surface area contributed by atoms with Crippen molar-refractivity contribution in [1.29, 1.82) is 10.5 Å². The number of aliphatic hydroxyl groups is 1. The normalized spacial score (nSPS) is 13.0. The molecule has 3 N–H and O–H groups in total. The molecule has 1 atom stereocenters. The van der Waals surface area contributed by atoms with E-state index in [1.165, 1.54) is 6.07 Å². The number of hydrogen-bond donors (Lipinski definition) is 3. The van der Waals surface area contributed by atoms with E-state index in [0.717, 1.165) is 6.20 Å². The Balaban J connectivity index is 2.95. The molecule has 0 fully saturated rings. The largest absolute Gasteiger partial charge is 0.416 e. The third-order valence-corrected chi connectivity index (χ3v) is 2.94. The minimum absolute atomic E-state index is 0.0590. The quantitative estimate of drug-likeness (QED) is 0.440. The molecule has 10 heteroatoms. The summed E-state index contributed by atoms with van der Waals surface area (Å²) >= 11 is 11.4. The number of benzene rings is 1. The fourth-order valence-electron chi connectivity index (χ4n) is 1.28. The van der Waals surface area contributed by atoms with Gasteiger partial charge in [0.25, 0.3) is 0 Å². The van der Waals surface area contributed by atoms with Crippen LogP contribution in [0.5, 0.6) is 0 Å². The summed E-state index contributed by atoms with van der Waals surface area (Å²) in [6.45, 7) is 0. The Morgan fingerprint density at radius 2 is 1.82 bits per heavy atom. The first-order valence-corrected chi connectivity index (χ1v) is 6.22. The van der Waals surface area contributed by atoms with Gasteiger partial charge in [-0.25, -0.2) is 0 Å². The summed E-state index contributed by atoms with van der Waals surface area (Å²) in [6, 6.07) is 4.35. The van der Waals surface area contributed by atoms with Crippen molar-refractivity contribution in [2.75, 3.05) is 5.43 Å². The lowest BCUT2D eigenvalue weighted by Gasteiger charge is -2.14. The van der Waals surface area contributed by atoms with Gasteiger partial charge in [0, 0.05) is 6.20 Å². The van der Waals surface area contributed by atoms with Crippen molar-refractivity contribution in [3.05, 3.63) is 39.5 Å². The van der Waals surface area contributed by atoms with Gasteiger partial charge in [-0.3, -0.25) is 5.43 Å². The van der Waals surface area contributed by atoms with E-state index in [1.54, 1.807) is 6.07 Å². The van der Waals surface area contributed by atoms with Gasteiger partial charge in [0.1, 0.15) is 6.07 Å². The zero-order valence-corrected chi connectivity index (χ0v) is 12.1. The summed E-state index contributed by atoms with van der Waals surface area (Å²) in [5, 5.41) is 25.7. The molecule has 1 aromatic carbocycles. The number of aliphatic hydroxyl groups excluding tert-OH is 1. The number of anilines is 1. The number of rotatable bonds is 4. The SMILES string of the molecule is N#CC(=CNNc1c(Cl)cc(C(F)(F)F)cc1Cl)C(O)C#N. The molecule has 0 aromatic heterocycles. The van der Waals surface area contributed by atoms with Crippen molar-refractivity contribution in [3.8, 4) is 12.1 Å². The van der Waals surface area contributed by atoms with Crippen molar-refractivity contribution < 1.29 is 18.3 Å². The third kappa shape index (κ3) is 4.43. The second kappa shape index (κ2) is 7.23. The van der Waals surface area contributed by atoms with Crippen molar-refractivity contribution in [2.45, 2.75) is 12.3 Å². The molecule has 1 rings (SSSR count). The zero-order valence-electron chi connectivity index (χ0n) is 10.5. The summed E-state index contributed by atoms with van der Waals surface area (Å²) in [7, 11) is 0. The molecular formula is C12H7Cl2F3N4O. The first-order valence-electron chi connectivity index (χ1n) is 5.46. The van der Waals surface area contributed by atoms with E-state index in [0.29, 0.717) is 12.1 Å². The van der Waals surface area contributed by atoms with Gasteiger partial charge in [0.05, 0.1) is 32.9 Å². The van der Waals surface area contributed by atoms with Crippen LogP contribution in [0.1, 0.15) is 5.56 Å². The van der Waals surface area contributed by atoms with Crippen molar-refractivity contribution in [1.82, 2.24) is 5.43 Å². The third-order valence-electron chi connectivity index (χ3n) is 2.34. The van der Waals surface area contributed by atoms with E-state index in [4.69, 9.17) is 38.8 Å². The number of halogens is 5. The number of alkyl halides is 3. The molecule has 0 heterocycles. The lowest BCUT2D eigenvalue weighted by Crippen LogP contribution is -2.19. The maximum absolute atomic E-state index is 12.6. The fourth-order valence-corrected chi connectivity index (χ4v) is 1.87. The lowest BCUT2D eigenvalue weighted by molar-refractivity contribution is -0.137. The smallest absolute Gasteiger partial charge is 0.373 e. The predicted octanol–water partition coefficient (Wildman–Crippen LogP) is 3.22. The van der Waals surface area contributed by atoms with Crippen molar-refractivity contribution in [3.63, 3.8) is 0 Å². The Bertz CT molecular complexity index is 653. The standard InChI is InChI=1S/C12H7Cl2F3N4O/c13-8-1-7(12(15,16)17)2-9(14)11(8)21-20-5-6(3-18)10(22)4-19/h1-2,5,10,20-22H. The van der Waals surface area contributed by atoms with E-state index in [1.807, 2.05) is 0 Å². The average Bonchev–Trinajstić information content (AvgIpc) is 2.44. The highest BCUT2D eigenvalue weighted by atomic mass is 35.5. The van der Waals surface area contributed by atoms with Crippen LogP contribution in [-0.4, -0.2) is 11.2 Å². The molecular weight excluding hydrogens is 344 g/mol. The number of nitrogens with one attached hydrogen (secondary N) is 2. The first kappa shape index (κ1) is 17.9. The van der Waals surface area contributed by atoms with Crippen LogP contribution in [0.4, 0.5) is 18.9 Å². The maximum atomic E-state index is 12.6. The molecule has 0 radical (unpaired) electrons. The molecule has 0 aliphatic carbocycles. The fraction of sp³-hybridized carbons (Fsp3) is 0.167. The van der Waals surface area contributed by atoms with Crippen LogP contribution in [0.2, 0.25) is 10.0 Å². The first-order chi connectivity index (χ1) is 10.2. The molecule has 116 valence electrons. The second-order valence-electron chi connectivity index (χ2n) is 3.83. The minimum atomic E-state index is -4.59. The van der Waals surface area contributed by atoms with Crippen LogP contribution < -0.4 is 10.9 Å². The van der Waals surface area contributed by atoms with Gasteiger partial charge in [-0.05, 0) is 12.1 Å². The Hall–Kier alpha value is -2.13. The predicted molar refractivity (Wildman–Crippen MR) is 73.5 cm³/mol. The van der Waals surface area contributed by atoms with E-state index in [9.17, 15) is 13.2 Å². The Morgan fingerprint density at radius 3 is 2.23 bits per heavy atom. The monoisotopic (exact) mass is 350 g/mol. The van der Waals surface area contributed by atoms with Crippen molar-refractivity contribution >= 4 is 28.9 Å². The van der Waals surface area contributed by atoms with Gasteiger partial charge in [-0.1, -0.05) is 23.2 Å². The number of nitriles is 2. The van der Waals surface area contributed by atoms with Gasteiger partial charge in [0.15, 0.2) is 6.10 Å². The Morgan fingerprint density at radius 1 is 1.27 bits per heavy atom. The highest BCUT2D eigenvalue weighted by Crippen LogP contribution is 2.38. The molecule has 0 aliphatic rings. The zero-order chi connectivity index (χ0) is 16.9. The average molecular weight is 351 g/mol. The van der Waals surface area contributed by atoms with Crippen LogP contribution >= 0.6 is 23.2 Å². The van der Waals surface area contributed by atoms with E-state index in [-0.39, 0.29) is 21.3 Å². The number of hydrogen-bond acceptors (Lipinski definition) is 5. The summed E-state index contributed by atoms with van der Waals surface area (Å²) < 4.78 is 37.7. The molecule has 0 aliphatic heterocycles. The maximum Gasteiger partial charge on any atom is 0.416 e. The van der Waals surface area contributed by atoms with Crippen molar-refractivity contribution in [2.24, 2.45) is 0 Å². The highest BCUT2D eigenvalue weighted by Gasteiger charge is 2.32. The summed E-state index contributed by atoms with van der Waals surface area (Å²) in [5.74, 6) is 0. The van der Waals surface area contributed by atoms with Gasteiger partial charge >= 0.3 is 6.18 Å². The van der Waals surface area contributed by atoms with Gasteiger partial charge < -0.3 is 10.5 Å². The Labute approximate surface area is 133 Å². The Kier molecular flexibility index (Phi) is 5.89. The minimum Gasteiger partial charge on any atom is -0.373 e. The number of nitrogens with zero attached hydrogens (tertiary/aromatic N) is 2. The molecule has 1 unspecified atom stereocenters. The molecule has 0 bridgehead atoms.